The summed E-state index contributed by atoms with van der Waals surface area (Å²) in [6, 6.07) is 5.67. The molecule has 0 aliphatic heterocycles. The van der Waals surface area contributed by atoms with E-state index in [4.69, 9.17) is 5.11 Å². The third kappa shape index (κ3) is 2.33. The van der Waals surface area contributed by atoms with E-state index in [0.29, 0.717) is 0 Å². The molecular formula is C11H14O3. The summed E-state index contributed by atoms with van der Waals surface area (Å²) in [6.07, 6.45) is -1.14. The number of aliphatic hydroxyl groups excluding tert-OH is 1. The molecule has 0 bridgehead atoms. The highest BCUT2D eigenvalue weighted by atomic mass is 16.4. The van der Waals surface area contributed by atoms with Crippen LogP contribution in [-0.4, -0.2) is 22.3 Å². The first-order valence-electron chi connectivity index (χ1n) is 4.48. The van der Waals surface area contributed by atoms with Gasteiger partial charge in [-0.05, 0) is 30.5 Å². The van der Waals surface area contributed by atoms with Crippen LogP contribution >= 0.6 is 0 Å². The van der Waals surface area contributed by atoms with Gasteiger partial charge in [0.1, 0.15) is 0 Å². The average molecular weight is 194 g/mol. The number of hydrogen-bond donors (Lipinski definition) is 2. The Labute approximate surface area is 83.0 Å². The second-order valence-electron chi connectivity index (χ2n) is 3.42. The van der Waals surface area contributed by atoms with Crippen LogP contribution in [0.1, 0.15) is 16.7 Å². The molecule has 0 aliphatic rings. The Morgan fingerprint density at radius 3 is 2.64 bits per heavy atom. The summed E-state index contributed by atoms with van der Waals surface area (Å²) in [7, 11) is 0. The molecule has 0 fully saturated rings. The molecule has 0 saturated carbocycles. The largest absolute Gasteiger partial charge is 0.479 e. The lowest BCUT2D eigenvalue weighted by atomic mass is 9.99. The van der Waals surface area contributed by atoms with Crippen molar-refractivity contribution in [3.8, 4) is 0 Å². The lowest BCUT2D eigenvalue weighted by Crippen LogP contribution is -2.22. The van der Waals surface area contributed by atoms with E-state index in [1.165, 1.54) is 0 Å². The highest BCUT2D eigenvalue weighted by Gasteiger charge is 2.14. The fourth-order valence-electron chi connectivity index (χ4n) is 1.33. The molecule has 0 radical (unpaired) electrons. The number of benzene rings is 1. The van der Waals surface area contributed by atoms with Crippen molar-refractivity contribution in [3.05, 3.63) is 34.9 Å². The quantitative estimate of drug-likeness (QED) is 0.762. The summed E-state index contributed by atoms with van der Waals surface area (Å²) in [5.41, 5.74) is 3.05. The molecule has 1 aromatic carbocycles. The second kappa shape index (κ2) is 4.24. The summed E-state index contributed by atoms with van der Waals surface area (Å²) in [5.74, 6) is -1.18. The maximum atomic E-state index is 10.4. The Bertz CT molecular complexity index is 344. The maximum Gasteiger partial charge on any atom is 0.332 e. The predicted molar refractivity (Wildman–Crippen MR) is 53.3 cm³/mol. The highest BCUT2D eigenvalue weighted by molar-refractivity contribution is 5.72. The van der Waals surface area contributed by atoms with Crippen molar-refractivity contribution >= 4 is 5.97 Å². The van der Waals surface area contributed by atoms with Gasteiger partial charge in [0, 0.05) is 6.42 Å². The normalized spacial score (nSPS) is 12.5. The van der Waals surface area contributed by atoms with Crippen LogP contribution in [0.25, 0.3) is 0 Å². The average Bonchev–Trinajstić information content (AvgIpc) is 2.12. The van der Waals surface area contributed by atoms with Crippen LogP contribution < -0.4 is 0 Å². The Morgan fingerprint density at radius 1 is 1.43 bits per heavy atom. The Kier molecular flexibility index (Phi) is 3.25. The molecule has 3 nitrogen and oxygen atoms in total. The number of carbonyl (C=O) groups is 1. The van der Waals surface area contributed by atoms with Crippen LogP contribution in [0.15, 0.2) is 18.2 Å². The number of rotatable bonds is 3. The van der Waals surface area contributed by atoms with E-state index in [1.807, 2.05) is 32.0 Å². The number of aliphatic carboxylic acids is 1. The molecule has 0 spiro atoms. The zero-order valence-corrected chi connectivity index (χ0v) is 8.32. The standard InChI is InChI=1S/C11H14O3/c1-7-4-3-5-9(8(7)2)6-10(12)11(13)14/h3-5,10,12H,6H2,1-2H3,(H,13,14). The molecule has 0 aromatic heterocycles. The first-order chi connectivity index (χ1) is 6.52. The Morgan fingerprint density at radius 2 is 2.07 bits per heavy atom. The summed E-state index contributed by atoms with van der Waals surface area (Å²) in [5, 5.41) is 17.7. The van der Waals surface area contributed by atoms with E-state index in [1.54, 1.807) is 0 Å². The van der Waals surface area contributed by atoms with Crippen molar-refractivity contribution in [3.63, 3.8) is 0 Å². The number of carboxylic acids is 1. The minimum absolute atomic E-state index is 0.169. The van der Waals surface area contributed by atoms with Crippen molar-refractivity contribution in [2.45, 2.75) is 26.4 Å². The van der Waals surface area contributed by atoms with E-state index in [9.17, 15) is 9.90 Å². The lowest BCUT2D eigenvalue weighted by Gasteiger charge is -2.10. The van der Waals surface area contributed by atoms with Crippen molar-refractivity contribution in [1.82, 2.24) is 0 Å². The molecule has 76 valence electrons. The van der Waals surface area contributed by atoms with Gasteiger partial charge in [0.15, 0.2) is 6.10 Å². The Hall–Kier alpha value is -1.35. The van der Waals surface area contributed by atoms with Gasteiger partial charge >= 0.3 is 5.97 Å². The molecule has 1 atom stereocenters. The van der Waals surface area contributed by atoms with E-state index in [-0.39, 0.29) is 6.42 Å². The fourth-order valence-corrected chi connectivity index (χ4v) is 1.33. The van der Waals surface area contributed by atoms with Gasteiger partial charge in [-0.1, -0.05) is 18.2 Å². The zero-order chi connectivity index (χ0) is 10.7. The van der Waals surface area contributed by atoms with Gasteiger partial charge in [-0.15, -0.1) is 0 Å². The topological polar surface area (TPSA) is 57.5 Å². The van der Waals surface area contributed by atoms with Crippen molar-refractivity contribution in [1.29, 1.82) is 0 Å². The molecule has 14 heavy (non-hydrogen) atoms. The minimum atomic E-state index is -1.31. The number of hydrogen-bond acceptors (Lipinski definition) is 2. The van der Waals surface area contributed by atoms with Gasteiger partial charge in [0.2, 0.25) is 0 Å². The molecule has 1 aromatic rings. The third-order valence-corrected chi connectivity index (χ3v) is 2.42. The van der Waals surface area contributed by atoms with Crippen LogP contribution in [0.4, 0.5) is 0 Å². The van der Waals surface area contributed by atoms with Crippen molar-refractivity contribution in [2.75, 3.05) is 0 Å². The molecule has 1 rings (SSSR count). The van der Waals surface area contributed by atoms with Gasteiger partial charge < -0.3 is 10.2 Å². The Balaban J connectivity index is 2.87. The van der Waals surface area contributed by atoms with Crippen LogP contribution in [0.5, 0.6) is 0 Å². The second-order valence-corrected chi connectivity index (χ2v) is 3.42. The summed E-state index contributed by atoms with van der Waals surface area (Å²) < 4.78 is 0. The first kappa shape index (κ1) is 10.7. The van der Waals surface area contributed by atoms with E-state index >= 15 is 0 Å². The summed E-state index contributed by atoms with van der Waals surface area (Å²) in [4.78, 5) is 10.4. The predicted octanol–water partition coefficient (Wildman–Crippen LogP) is 1.29. The summed E-state index contributed by atoms with van der Waals surface area (Å²) >= 11 is 0. The van der Waals surface area contributed by atoms with Crippen LogP contribution in [0, 0.1) is 13.8 Å². The monoisotopic (exact) mass is 194 g/mol. The number of aliphatic hydroxyl groups is 1. The fraction of sp³-hybridized carbons (Fsp3) is 0.364. The molecule has 0 heterocycles. The van der Waals surface area contributed by atoms with Gasteiger partial charge in [-0.3, -0.25) is 0 Å². The minimum Gasteiger partial charge on any atom is -0.479 e. The van der Waals surface area contributed by atoms with Gasteiger partial charge in [-0.25, -0.2) is 4.79 Å². The van der Waals surface area contributed by atoms with Gasteiger partial charge in [0.25, 0.3) is 0 Å². The smallest absolute Gasteiger partial charge is 0.332 e. The maximum absolute atomic E-state index is 10.4. The van der Waals surface area contributed by atoms with Gasteiger partial charge in [0.05, 0.1) is 0 Å². The van der Waals surface area contributed by atoms with Crippen molar-refractivity contribution < 1.29 is 15.0 Å². The highest BCUT2D eigenvalue weighted by Crippen LogP contribution is 2.14. The van der Waals surface area contributed by atoms with Crippen LogP contribution in [0.2, 0.25) is 0 Å². The van der Waals surface area contributed by atoms with E-state index < -0.39 is 12.1 Å². The first-order valence-corrected chi connectivity index (χ1v) is 4.48. The number of aryl methyl sites for hydroxylation is 1. The molecule has 3 heteroatoms. The molecule has 0 saturated heterocycles. The third-order valence-electron chi connectivity index (χ3n) is 2.42. The molecule has 1 unspecified atom stereocenters. The molecular weight excluding hydrogens is 180 g/mol. The summed E-state index contributed by atoms with van der Waals surface area (Å²) in [6.45, 7) is 3.89. The van der Waals surface area contributed by atoms with E-state index in [2.05, 4.69) is 0 Å². The molecule has 2 N–H and O–H groups in total. The van der Waals surface area contributed by atoms with Crippen LogP contribution in [0.3, 0.4) is 0 Å². The van der Waals surface area contributed by atoms with Crippen molar-refractivity contribution in [2.24, 2.45) is 0 Å². The SMILES string of the molecule is Cc1cccc(CC(O)C(=O)O)c1C. The zero-order valence-electron chi connectivity index (χ0n) is 8.32. The molecule has 0 amide bonds. The molecule has 0 aliphatic carbocycles. The van der Waals surface area contributed by atoms with Gasteiger partial charge in [-0.2, -0.15) is 0 Å². The number of carboxylic acid groups (broad SMARTS) is 1. The lowest BCUT2D eigenvalue weighted by molar-refractivity contribution is -0.146. The van der Waals surface area contributed by atoms with Crippen LogP contribution in [-0.2, 0) is 11.2 Å². The van der Waals surface area contributed by atoms with E-state index in [0.717, 1.165) is 16.7 Å².